The van der Waals surface area contributed by atoms with Crippen LogP contribution >= 0.6 is 0 Å². The van der Waals surface area contributed by atoms with E-state index in [1.165, 1.54) is 12.8 Å². The Morgan fingerprint density at radius 2 is 1.60 bits per heavy atom. The second kappa shape index (κ2) is 5.38. The molecule has 2 aliphatic heterocycles. The molecule has 0 aromatic carbocycles. The van der Waals surface area contributed by atoms with Gasteiger partial charge in [-0.15, -0.1) is 0 Å². The highest BCUT2D eigenvalue weighted by atomic mass is 16.2. The van der Waals surface area contributed by atoms with Gasteiger partial charge in [0.15, 0.2) is 0 Å². The van der Waals surface area contributed by atoms with Gasteiger partial charge in [-0.25, -0.2) is 0 Å². The Kier molecular flexibility index (Phi) is 3.74. The molecule has 0 N–H and O–H groups in total. The summed E-state index contributed by atoms with van der Waals surface area (Å²) in [6.45, 7) is 4.92. The molecule has 112 valence electrons. The van der Waals surface area contributed by atoms with Crippen molar-refractivity contribution in [2.45, 2.75) is 76.9 Å². The number of carbonyl (C=O) groups excluding carboxylic acids is 2. The first-order valence-electron chi connectivity index (χ1n) is 8.24. The van der Waals surface area contributed by atoms with Crippen molar-refractivity contribution in [3.05, 3.63) is 0 Å². The Balaban J connectivity index is 1.92. The van der Waals surface area contributed by atoms with Crippen LogP contribution in [0, 0.1) is 5.92 Å². The lowest BCUT2D eigenvalue weighted by Crippen LogP contribution is -2.68. The molecule has 3 aliphatic rings. The predicted molar refractivity (Wildman–Crippen MR) is 77.1 cm³/mol. The average Bonchev–Trinajstić information content (AvgIpc) is 2.96. The summed E-state index contributed by atoms with van der Waals surface area (Å²) in [4.78, 5) is 29.7. The second-order valence-electron chi connectivity index (χ2n) is 6.92. The fourth-order valence-corrected chi connectivity index (χ4v) is 4.25. The molecule has 2 atom stereocenters. The lowest BCUT2D eigenvalue weighted by Gasteiger charge is -2.50. The Labute approximate surface area is 121 Å². The van der Waals surface area contributed by atoms with Gasteiger partial charge in [-0.2, -0.15) is 0 Å². The third-order valence-electron chi connectivity index (χ3n) is 5.23. The minimum atomic E-state index is -0.222. The quantitative estimate of drug-likeness (QED) is 0.777. The lowest BCUT2D eigenvalue weighted by molar-refractivity contribution is -0.168. The molecule has 0 aromatic heterocycles. The van der Waals surface area contributed by atoms with Crippen molar-refractivity contribution in [3.8, 4) is 0 Å². The monoisotopic (exact) mass is 278 g/mol. The zero-order valence-corrected chi connectivity index (χ0v) is 12.7. The molecule has 3 rings (SSSR count). The zero-order valence-electron chi connectivity index (χ0n) is 12.7. The third kappa shape index (κ3) is 2.13. The molecule has 3 fully saturated rings. The smallest absolute Gasteiger partial charge is 0.246 e. The van der Waals surface area contributed by atoms with Crippen molar-refractivity contribution in [3.63, 3.8) is 0 Å². The molecule has 2 unspecified atom stereocenters. The van der Waals surface area contributed by atoms with E-state index in [0.717, 1.165) is 38.6 Å². The topological polar surface area (TPSA) is 40.6 Å². The van der Waals surface area contributed by atoms with Gasteiger partial charge in [-0.05, 0) is 38.0 Å². The van der Waals surface area contributed by atoms with E-state index in [1.54, 1.807) is 0 Å². The molecule has 2 heterocycles. The molecule has 0 aromatic rings. The lowest BCUT2D eigenvalue weighted by atomic mass is 9.89. The fourth-order valence-electron chi connectivity index (χ4n) is 4.25. The summed E-state index contributed by atoms with van der Waals surface area (Å²) in [6, 6.07) is -0.0743. The van der Waals surface area contributed by atoms with Gasteiger partial charge >= 0.3 is 0 Å². The van der Waals surface area contributed by atoms with Gasteiger partial charge in [0.1, 0.15) is 12.1 Å². The molecule has 20 heavy (non-hydrogen) atoms. The van der Waals surface area contributed by atoms with Crippen molar-refractivity contribution in [2.75, 3.05) is 6.54 Å². The van der Waals surface area contributed by atoms with Crippen LogP contribution in [0.4, 0.5) is 0 Å². The van der Waals surface area contributed by atoms with Crippen LogP contribution in [-0.2, 0) is 9.59 Å². The van der Waals surface area contributed by atoms with Crippen molar-refractivity contribution in [1.82, 2.24) is 9.80 Å². The number of amides is 2. The zero-order chi connectivity index (χ0) is 14.3. The van der Waals surface area contributed by atoms with Crippen LogP contribution in [0.25, 0.3) is 0 Å². The maximum absolute atomic E-state index is 12.9. The minimum absolute atomic E-state index is 0.160. The third-order valence-corrected chi connectivity index (χ3v) is 5.23. The van der Waals surface area contributed by atoms with Crippen LogP contribution in [0.1, 0.15) is 58.8 Å². The number of piperazine rings is 1. The Morgan fingerprint density at radius 3 is 2.25 bits per heavy atom. The summed E-state index contributed by atoms with van der Waals surface area (Å²) in [5.41, 5.74) is 0. The van der Waals surface area contributed by atoms with Crippen molar-refractivity contribution in [1.29, 1.82) is 0 Å². The first-order chi connectivity index (χ1) is 9.61. The van der Waals surface area contributed by atoms with Crippen LogP contribution in [0.3, 0.4) is 0 Å². The molecule has 1 aliphatic carbocycles. The maximum Gasteiger partial charge on any atom is 0.246 e. The van der Waals surface area contributed by atoms with Crippen LogP contribution in [0.15, 0.2) is 0 Å². The van der Waals surface area contributed by atoms with Crippen molar-refractivity contribution >= 4 is 11.8 Å². The molecular formula is C16H26N2O2. The van der Waals surface area contributed by atoms with E-state index < -0.39 is 0 Å². The number of hydrogen-bond acceptors (Lipinski definition) is 2. The summed E-state index contributed by atoms with van der Waals surface area (Å²) < 4.78 is 0. The average molecular weight is 278 g/mol. The number of piperidine rings is 1. The Hall–Kier alpha value is -1.06. The van der Waals surface area contributed by atoms with Gasteiger partial charge in [0.05, 0.1) is 0 Å². The summed E-state index contributed by atoms with van der Waals surface area (Å²) >= 11 is 0. The predicted octanol–water partition coefficient (Wildman–Crippen LogP) is 2.18. The van der Waals surface area contributed by atoms with Gasteiger partial charge in [0, 0.05) is 12.6 Å². The number of hydrogen-bond donors (Lipinski definition) is 0. The highest BCUT2D eigenvalue weighted by molar-refractivity contribution is 5.97. The number of nitrogens with zero attached hydrogens (tertiary/aromatic N) is 2. The molecule has 0 bridgehead atoms. The number of rotatable bonds is 2. The molecule has 0 radical (unpaired) electrons. The molecule has 2 amide bonds. The molecular weight excluding hydrogens is 252 g/mol. The van der Waals surface area contributed by atoms with Gasteiger partial charge < -0.3 is 9.80 Å². The number of carbonyl (C=O) groups is 2. The first-order valence-corrected chi connectivity index (χ1v) is 8.24. The van der Waals surface area contributed by atoms with Gasteiger partial charge in [-0.1, -0.05) is 26.7 Å². The summed E-state index contributed by atoms with van der Waals surface area (Å²) in [6.07, 6.45) is 7.53. The standard InChI is InChI=1S/C16H26N2O2/c1-11(2)14-16(20)17-10-6-5-9-13(17)15(19)18(14)12-7-3-4-8-12/h11-14H,3-10H2,1-2H3. The number of fused-ring (bicyclic) bond motifs is 1. The molecule has 2 saturated heterocycles. The SMILES string of the molecule is CC(C)C1C(=O)N2CCCCC2C(=O)N1C1CCCC1. The van der Waals surface area contributed by atoms with Crippen molar-refractivity contribution < 1.29 is 9.59 Å². The summed E-state index contributed by atoms with van der Waals surface area (Å²) in [5.74, 6) is 0.640. The molecule has 0 spiro atoms. The van der Waals surface area contributed by atoms with E-state index in [4.69, 9.17) is 0 Å². The first kappa shape index (κ1) is 13.9. The summed E-state index contributed by atoms with van der Waals surface area (Å²) in [7, 11) is 0. The summed E-state index contributed by atoms with van der Waals surface area (Å²) in [5, 5.41) is 0. The second-order valence-corrected chi connectivity index (χ2v) is 6.92. The van der Waals surface area contributed by atoms with Crippen LogP contribution in [-0.4, -0.2) is 46.3 Å². The normalized spacial score (nSPS) is 32.1. The van der Waals surface area contributed by atoms with E-state index in [1.807, 2.05) is 9.80 Å². The van der Waals surface area contributed by atoms with E-state index in [0.29, 0.717) is 6.04 Å². The van der Waals surface area contributed by atoms with Gasteiger partial charge in [0.25, 0.3) is 0 Å². The van der Waals surface area contributed by atoms with E-state index >= 15 is 0 Å². The van der Waals surface area contributed by atoms with Crippen LogP contribution in [0.5, 0.6) is 0 Å². The highest BCUT2D eigenvalue weighted by Gasteiger charge is 2.49. The van der Waals surface area contributed by atoms with E-state index in [2.05, 4.69) is 13.8 Å². The fraction of sp³-hybridized carbons (Fsp3) is 0.875. The van der Waals surface area contributed by atoms with Crippen LogP contribution in [0.2, 0.25) is 0 Å². The molecule has 1 saturated carbocycles. The van der Waals surface area contributed by atoms with E-state index in [-0.39, 0.29) is 29.8 Å². The Morgan fingerprint density at radius 1 is 0.950 bits per heavy atom. The maximum atomic E-state index is 12.9. The highest BCUT2D eigenvalue weighted by Crippen LogP contribution is 2.34. The Bertz CT molecular complexity index is 401. The minimum Gasteiger partial charge on any atom is -0.329 e. The van der Waals surface area contributed by atoms with E-state index in [9.17, 15) is 9.59 Å². The largest absolute Gasteiger partial charge is 0.329 e. The molecule has 4 nitrogen and oxygen atoms in total. The van der Waals surface area contributed by atoms with Gasteiger partial charge in [0.2, 0.25) is 11.8 Å². The molecule has 4 heteroatoms. The van der Waals surface area contributed by atoms with Gasteiger partial charge in [-0.3, -0.25) is 9.59 Å². The van der Waals surface area contributed by atoms with Crippen LogP contribution < -0.4 is 0 Å². The van der Waals surface area contributed by atoms with Crippen molar-refractivity contribution in [2.24, 2.45) is 5.92 Å².